The van der Waals surface area contributed by atoms with Crippen LogP contribution >= 0.6 is 0 Å². The van der Waals surface area contributed by atoms with Gasteiger partial charge in [-0.1, -0.05) is 24.3 Å². The Bertz CT molecular complexity index is 377. The third-order valence-electron chi connectivity index (χ3n) is 2.73. The van der Waals surface area contributed by atoms with Crippen molar-refractivity contribution in [2.45, 2.75) is 25.0 Å². The molecular weight excluding hydrogens is 234 g/mol. The number of hydrogen-bond donors (Lipinski definition) is 4. The van der Waals surface area contributed by atoms with Gasteiger partial charge in [0.25, 0.3) is 0 Å². The molecule has 0 spiro atoms. The van der Waals surface area contributed by atoms with Crippen molar-refractivity contribution >= 4 is 5.97 Å². The molecule has 2 atom stereocenters. The van der Waals surface area contributed by atoms with Crippen LogP contribution in [0.5, 0.6) is 0 Å². The summed E-state index contributed by atoms with van der Waals surface area (Å²) in [6.45, 7) is 0.307. The van der Waals surface area contributed by atoms with E-state index in [0.717, 1.165) is 5.56 Å². The van der Waals surface area contributed by atoms with Crippen molar-refractivity contribution in [2.75, 3.05) is 13.6 Å². The van der Waals surface area contributed by atoms with E-state index in [1.165, 1.54) is 0 Å². The predicted octanol–water partition coefficient (Wildman–Crippen LogP) is 0.317. The highest BCUT2D eigenvalue weighted by Crippen LogP contribution is 2.17. The van der Waals surface area contributed by atoms with Gasteiger partial charge in [-0.15, -0.1) is 0 Å². The van der Waals surface area contributed by atoms with Gasteiger partial charge >= 0.3 is 5.97 Å². The van der Waals surface area contributed by atoms with Gasteiger partial charge in [-0.25, -0.2) is 0 Å². The van der Waals surface area contributed by atoms with Crippen LogP contribution in [0.1, 0.15) is 23.7 Å². The number of carboxylic acids is 1. The average molecular weight is 253 g/mol. The predicted molar refractivity (Wildman–Crippen MR) is 67.3 cm³/mol. The Labute approximate surface area is 106 Å². The first-order valence-corrected chi connectivity index (χ1v) is 5.86. The summed E-state index contributed by atoms with van der Waals surface area (Å²) in [5, 5.41) is 30.8. The van der Waals surface area contributed by atoms with E-state index in [-0.39, 0.29) is 6.42 Å². The van der Waals surface area contributed by atoms with Gasteiger partial charge in [-0.05, 0) is 24.6 Å². The monoisotopic (exact) mass is 253 g/mol. The van der Waals surface area contributed by atoms with Crippen molar-refractivity contribution in [3.05, 3.63) is 35.4 Å². The minimum absolute atomic E-state index is 0.0876. The fourth-order valence-corrected chi connectivity index (χ4v) is 1.68. The van der Waals surface area contributed by atoms with Crippen LogP contribution in [0.4, 0.5) is 0 Å². The lowest BCUT2D eigenvalue weighted by Crippen LogP contribution is -2.29. The Morgan fingerprint density at radius 1 is 1.28 bits per heavy atom. The number of aliphatic carboxylic acids is 1. The molecule has 0 aliphatic heterocycles. The van der Waals surface area contributed by atoms with Crippen molar-refractivity contribution < 1.29 is 20.1 Å². The maximum absolute atomic E-state index is 10.4. The minimum Gasteiger partial charge on any atom is -0.481 e. The Morgan fingerprint density at radius 2 is 1.89 bits per heavy atom. The summed E-state index contributed by atoms with van der Waals surface area (Å²) in [4.78, 5) is 10.4. The normalized spacial score (nSPS) is 14.2. The second kappa shape index (κ2) is 7.10. The molecule has 0 aromatic heterocycles. The Balaban J connectivity index is 2.61. The molecule has 5 heteroatoms. The van der Waals surface area contributed by atoms with Gasteiger partial charge in [0.05, 0.1) is 6.10 Å². The Hall–Kier alpha value is -1.43. The second-order valence-electron chi connectivity index (χ2n) is 4.21. The maximum atomic E-state index is 10.4. The molecule has 100 valence electrons. The topological polar surface area (TPSA) is 89.8 Å². The van der Waals surface area contributed by atoms with Gasteiger partial charge < -0.3 is 20.6 Å². The molecule has 1 aromatic rings. The summed E-state index contributed by atoms with van der Waals surface area (Å²) < 4.78 is 0. The van der Waals surface area contributed by atoms with Crippen molar-refractivity contribution in [1.29, 1.82) is 0 Å². The smallest absolute Gasteiger partial charge is 0.303 e. The number of hydrogen-bond acceptors (Lipinski definition) is 4. The molecule has 0 saturated heterocycles. The summed E-state index contributed by atoms with van der Waals surface area (Å²) in [7, 11) is 1.70. The highest BCUT2D eigenvalue weighted by Gasteiger charge is 2.17. The second-order valence-corrected chi connectivity index (χ2v) is 4.21. The standard InChI is InChI=1S/C13H19NO4/c1-14-8-11(15)13(18)10-5-2-9(3-6-10)4-7-12(16)17/h2-3,5-6,11,13-15,18H,4,7-8H2,1H3,(H,16,17). The van der Waals surface area contributed by atoms with Crippen LogP contribution in [0.25, 0.3) is 0 Å². The lowest BCUT2D eigenvalue weighted by molar-refractivity contribution is -0.136. The van der Waals surface area contributed by atoms with E-state index >= 15 is 0 Å². The summed E-state index contributed by atoms with van der Waals surface area (Å²) in [6.07, 6.45) is -1.25. The molecule has 0 saturated carbocycles. The zero-order valence-electron chi connectivity index (χ0n) is 10.3. The van der Waals surface area contributed by atoms with Crippen molar-refractivity contribution in [1.82, 2.24) is 5.32 Å². The number of aliphatic hydroxyl groups is 2. The number of aryl methyl sites for hydroxylation is 1. The number of benzene rings is 1. The van der Waals surface area contributed by atoms with Crippen molar-refractivity contribution in [3.63, 3.8) is 0 Å². The highest BCUT2D eigenvalue weighted by molar-refractivity contribution is 5.67. The molecule has 0 bridgehead atoms. The van der Waals surface area contributed by atoms with Crippen LogP contribution < -0.4 is 5.32 Å². The van der Waals surface area contributed by atoms with Gasteiger partial charge in [-0.3, -0.25) is 4.79 Å². The van der Waals surface area contributed by atoms with E-state index in [2.05, 4.69) is 5.32 Å². The van der Waals surface area contributed by atoms with Gasteiger partial charge in [0.2, 0.25) is 0 Å². The first-order valence-electron chi connectivity index (χ1n) is 5.86. The number of carboxylic acid groups (broad SMARTS) is 1. The maximum Gasteiger partial charge on any atom is 0.303 e. The third kappa shape index (κ3) is 4.44. The van der Waals surface area contributed by atoms with Crippen molar-refractivity contribution in [3.8, 4) is 0 Å². The van der Waals surface area contributed by atoms with E-state index in [9.17, 15) is 15.0 Å². The zero-order valence-corrected chi connectivity index (χ0v) is 10.3. The molecule has 0 heterocycles. The van der Waals surface area contributed by atoms with Crippen LogP contribution in [0, 0.1) is 0 Å². The van der Waals surface area contributed by atoms with Crippen LogP contribution in [-0.2, 0) is 11.2 Å². The van der Waals surface area contributed by atoms with E-state index in [1.54, 1.807) is 31.3 Å². The molecule has 0 amide bonds. The fraction of sp³-hybridized carbons (Fsp3) is 0.462. The van der Waals surface area contributed by atoms with Crippen LogP contribution in [0.3, 0.4) is 0 Å². The molecule has 2 unspecified atom stereocenters. The van der Waals surface area contributed by atoms with Gasteiger partial charge in [0.15, 0.2) is 0 Å². The van der Waals surface area contributed by atoms with Gasteiger partial charge in [-0.2, -0.15) is 0 Å². The van der Waals surface area contributed by atoms with Crippen LogP contribution in [-0.4, -0.2) is 41.0 Å². The molecule has 0 aliphatic rings. The van der Waals surface area contributed by atoms with E-state index < -0.39 is 18.2 Å². The molecule has 18 heavy (non-hydrogen) atoms. The van der Waals surface area contributed by atoms with Gasteiger partial charge in [0.1, 0.15) is 6.10 Å². The number of nitrogens with one attached hydrogen (secondary N) is 1. The molecular formula is C13H19NO4. The SMILES string of the molecule is CNCC(O)C(O)c1ccc(CCC(=O)O)cc1. The molecule has 4 N–H and O–H groups in total. The molecule has 0 radical (unpaired) electrons. The number of rotatable bonds is 7. The van der Waals surface area contributed by atoms with E-state index in [4.69, 9.17) is 5.11 Å². The Morgan fingerprint density at radius 3 is 2.39 bits per heavy atom. The van der Waals surface area contributed by atoms with Crippen LogP contribution in [0.15, 0.2) is 24.3 Å². The number of aliphatic hydroxyl groups excluding tert-OH is 2. The van der Waals surface area contributed by atoms with Crippen molar-refractivity contribution in [2.24, 2.45) is 0 Å². The molecule has 0 fully saturated rings. The molecule has 1 rings (SSSR count). The first kappa shape index (κ1) is 14.6. The number of carbonyl (C=O) groups is 1. The molecule has 1 aromatic carbocycles. The molecule has 5 nitrogen and oxygen atoms in total. The fourth-order valence-electron chi connectivity index (χ4n) is 1.68. The minimum atomic E-state index is -0.939. The van der Waals surface area contributed by atoms with E-state index in [1.807, 2.05) is 0 Å². The zero-order chi connectivity index (χ0) is 13.5. The highest BCUT2D eigenvalue weighted by atomic mass is 16.4. The summed E-state index contributed by atoms with van der Waals surface area (Å²) >= 11 is 0. The molecule has 0 aliphatic carbocycles. The summed E-state index contributed by atoms with van der Waals surface area (Å²) in [5.41, 5.74) is 1.52. The quantitative estimate of drug-likeness (QED) is 0.562. The summed E-state index contributed by atoms with van der Waals surface area (Å²) in [5.74, 6) is -0.830. The lowest BCUT2D eigenvalue weighted by Gasteiger charge is -2.18. The Kier molecular flexibility index (Phi) is 5.77. The largest absolute Gasteiger partial charge is 0.481 e. The lowest BCUT2D eigenvalue weighted by atomic mass is 10.0. The first-order chi connectivity index (χ1) is 8.54. The van der Waals surface area contributed by atoms with Gasteiger partial charge in [0, 0.05) is 13.0 Å². The van der Waals surface area contributed by atoms with Crippen LogP contribution in [0.2, 0.25) is 0 Å². The van der Waals surface area contributed by atoms with E-state index in [0.29, 0.717) is 18.5 Å². The number of likely N-dealkylation sites (N-methyl/N-ethyl adjacent to an activating group) is 1. The third-order valence-corrected chi connectivity index (χ3v) is 2.73. The summed E-state index contributed by atoms with van der Waals surface area (Å²) in [6, 6.07) is 6.96. The average Bonchev–Trinajstić information content (AvgIpc) is 2.36.